The highest BCUT2D eigenvalue weighted by molar-refractivity contribution is 5.28. The molecule has 0 heterocycles. The maximum absolute atomic E-state index is 3.30. The van der Waals surface area contributed by atoms with Gasteiger partial charge in [-0.1, -0.05) is 37.5 Å². The molecule has 2 rings (SSSR count). The Hall–Kier alpha value is -0.780. The van der Waals surface area contributed by atoms with Crippen molar-refractivity contribution >= 4 is 0 Å². The molecular weight excluding hydrogens is 156 g/mol. The van der Waals surface area contributed by atoms with E-state index in [2.05, 4.69) is 25.1 Å². The van der Waals surface area contributed by atoms with Gasteiger partial charge in [0.2, 0.25) is 0 Å². The minimum absolute atomic E-state index is 0.825. The molecule has 69 valence electrons. The molecule has 1 aliphatic rings. The van der Waals surface area contributed by atoms with Crippen LogP contribution in [0.2, 0.25) is 0 Å². The highest BCUT2D eigenvalue weighted by Crippen LogP contribution is 2.33. The van der Waals surface area contributed by atoms with Gasteiger partial charge in [-0.2, -0.15) is 0 Å². The van der Waals surface area contributed by atoms with Crippen LogP contribution in [0.5, 0.6) is 0 Å². The fraction of sp³-hybridized carbons (Fsp3) is 0.538. The third-order valence-corrected chi connectivity index (χ3v) is 3.15. The molecule has 0 atom stereocenters. The summed E-state index contributed by atoms with van der Waals surface area (Å²) in [5, 5.41) is 0. The van der Waals surface area contributed by atoms with Gasteiger partial charge in [0.1, 0.15) is 0 Å². The first-order valence-electron chi connectivity index (χ1n) is 5.35. The minimum atomic E-state index is 0.825. The van der Waals surface area contributed by atoms with E-state index in [9.17, 15) is 0 Å². The lowest BCUT2D eigenvalue weighted by Crippen LogP contribution is -2.05. The Labute approximate surface area is 81.0 Å². The number of hydrogen-bond donors (Lipinski definition) is 0. The molecule has 13 heavy (non-hydrogen) atoms. The second-order valence-corrected chi connectivity index (χ2v) is 4.09. The Balaban J connectivity index is 2.18. The summed E-state index contributed by atoms with van der Waals surface area (Å²) >= 11 is 0. The van der Waals surface area contributed by atoms with Gasteiger partial charge in [0.25, 0.3) is 0 Å². The summed E-state index contributed by atoms with van der Waals surface area (Å²) in [7, 11) is 0. The average Bonchev–Trinajstić information content (AvgIpc) is 2.20. The molecule has 0 heteroatoms. The van der Waals surface area contributed by atoms with Crippen LogP contribution in [0.3, 0.4) is 0 Å². The van der Waals surface area contributed by atoms with E-state index in [-0.39, 0.29) is 0 Å². The predicted molar refractivity (Wildman–Crippen MR) is 55.8 cm³/mol. The van der Waals surface area contributed by atoms with Gasteiger partial charge in [-0.15, -0.1) is 0 Å². The average molecular weight is 173 g/mol. The standard InChI is InChI=1S/C13H17/c1-11-7-5-6-10-13(11)12-8-3-2-4-9-12/h5-6,10,12H,2-4,8-9H2,1H3. The number of benzene rings is 1. The van der Waals surface area contributed by atoms with Crippen molar-refractivity contribution in [1.29, 1.82) is 0 Å². The van der Waals surface area contributed by atoms with Crippen LogP contribution < -0.4 is 0 Å². The summed E-state index contributed by atoms with van der Waals surface area (Å²) < 4.78 is 0. The van der Waals surface area contributed by atoms with Crippen LogP contribution in [-0.2, 0) is 0 Å². The third kappa shape index (κ3) is 1.93. The molecule has 0 bridgehead atoms. The Kier molecular flexibility index (Phi) is 2.68. The molecule has 1 aromatic carbocycles. The molecule has 1 aromatic rings. The van der Waals surface area contributed by atoms with Gasteiger partial charge in [-0.25, -0.2) is 0 Å². The minimum Gasteiger partial charge on any atom is -0.0613 e. The first-order chi connectivity index (χ1) is 6.38. The zero-order chi connectivity index (χ0) is 9.10. The number of aryl methyl sites for hydroxylation is 1. The first kappa shape index (κ1) is 8.80. The largest absolute Gasteiger partial charge is 0.0613 e. The van der Waals surface area contributed by atoms with Crippen molar-refractivity contribution in [3.8, 4) is 0 Å². The lowest BCUT2D eigenvalue weighted by molar-refractivity contribution is 0.442. The molecule has 0 amide bonds. The van der Waals surface area contributed by atoms with Gasteiger partial charge >= 0.3 is 0 Å². The second-order valence-electron chi connectivity index (χ2n) is 4.09. The van der Waals surface area contributed by atoms with Crippen LogP contribution in [0, 0.1) is 13.0 Å². The van der Waals surface area contributed by atoms with Crippen LogP contribution in [0.25, 0.3) is 0 Å². The van der Waals surface area contributed by atoms with E-state index in [1.54, 1.807) is 5.56 Å². The smallest absolute Gasteiger partial charge is 0.0149 e. The van der Waals surface area contributed by atoms with Gasteiger partial charge in [-0.3, -0.25) is 0 Å². The summed E-state index contributed by atoms with van der Waals surface area (Å²) in [5.74, 6) is 0.825. The van der Waals surface area contributed by atoms with E-state index in [0.717, 1.165) is 5.92 Å². The topological polar surface area (TPSA) is 0 Å². The fourth-order valence-electron chi connectivity index (χ4n) is 2.39. The Morgan fingerprint density at radius 1 is 1.23 bits per heavy atom. The lowest BCUT2D eigenvalue weighted by Gasteiger charge is -2.23. The summed E-state index contributed by atoms with van der Waals surface area (Å²) in [5.41, 5.74) is 2.90. The van der Waals surface area contributed by atoms with Crippen LogP contribution in [-0.4, -0.2) is 0 Å². The molecule has 0 N–H and O–H groups in total. The van der Waals surface area contributed by atoms with E-state index in [1.807, 2.05) is 6.07 Å². The van der Waals surface area contributed by atoms with Crippen molar-refractivity contribution in [3.63, 3.8) is 0 Å². The quantitative estimate of drug-likeness (QED) is 0.605. The van der Waals surface area contributed by atoms with Crippen molar-refractivity contribution in [1.82, 2.24) is 0 Å². The lowest BCUT2D eigenvalue weighted by atomic mass is 9.82. The molecule has 1 aliphatic carbocycles. The molecule has 0 unspecified atom stereocenters. The van der Waals surface area contributed by atoms with E-state index in [4.69, 9.17) is 0 Å². The molecule has 1 fully saturated rings. The molecule has 0 spiro atoms. The Morgan fingerprint density at radius 3 is 2.69 bits per heavy atom. The second kappa shape index (κ2) is 3.95. The Morgan fingerprint density at radius 2 is 2.00 bits per heavy atom. The van der Waals surface area contributed by atoms with Gasteiger partial charge in [0.15, 0.2) is 0 Å². The van der Waals surface area contributed by atoms with Gasteiger partial charge in [0, 0.05) is 0 Å². The predicted octanol–water partition coefficient (Wildman–Crippen LogP) is 3.84. The highest BCUT2D eigenvalue weighted by atomic mass is 14.2. The fourth-order valence-corrected chi connectivity index (χ4v) is 2.39. The Bertz CT molecular complexity index is 269. The molecule has 1 radical (unpaired) electrons. The molecule has 0 aliphatic heterocycles. The van der Waals surface area contributed by atoms with E-state index >= 15 is 0 Å². The SMILES string of the molecule is Cc1[c]cccc1C1CCCCC1. The summed E-state index contributed by atoms with van der Waals surface area (Å²) in [4.78, 5) is 0. The summed E-state index contributed by atoms with van der Waals surface area (Å²) in [6, 6.07) is 9.71. The van der Waals surface area contributed by atoms with Crippen molar-refractivity contribution < 1.29 is 0 Å². The van der Waals surface area contributed by atoms with Gasteiger partial charge in [-0.05, 0) is 42.9 Å². The summed E-state index contributed by atoms with van der Waals surface area (Å²) in [6.07, 6.45) is 7.04. The number of rotatable bonds is 1. The van der Waals surface area contributed by atoms with Gasteiger partial charge < -0.3 is 0 Å². The normalized spacial score (nSPS) is 18.8. The van der Waals surface area contributed by atoms with Crippen LogP contribution in [0.1, 0.15) is 49.1 Å². The van der Waals surface area contributed by atoms with Crippen molar-refractivity contribution in [2.75, 3.05) is 0 Å². The van der Waals surface area contributed by atoms with Crippen LogP contribution in [0.4, 0.5) is 0 Å². The highest BCUT2D eigenvalue weighted by Gasteiger charge is 2.16. The van der Waals surface area contributed by atoms with Crippen molar-refractivity contribution in [3.05, 3.63) is 35.4 Å². The third-order valence-electron chi connectivity index (χ3n) is 3.15. The van der Waals surface area contributed by atoms with Crippen molar-refractivity contribution in [2.45, 2.75) is 44.9 Å². The van der Waals surface area contributed by atoms with E-state index in [0.29, 0.717) is 0 Å². The maximum Gasteiger partial charge on any atom is -0.0149 e. The van der Waals surface area contributed by atoms with E-state index in [1.165, 1.54) is 37.7 Å². The summed E-state index contributed by atoms with van der Waals surface area (Å²) in [6.45, 7) is 2.18. The molecule has 1 saturated carbocycles. The first-order valence-corrected chi connectivity index (χ1v) is 5.35. The van der Waals surface area contributed by atoms with E-state index < -0.39 is 0 Å². The molecule has 0 aromatic heterocycles. The van der Waals surface area contributed by atoms with Crippen molar-refractivity contribution in [2.24, 2.45) is 0 Å². The maximum atomic E-state index is 3.30. The zero-order valence-corrected chi connectivity index (χ0v) is 8.34. The molecule has 0 saturated heterocycles. The number of hydrogen-bond acceptors (Lipinski definition) is 0. The molecular formula is C13H17. The van der Waals surface area contributed by atoms with Crippen LogP contribution in [0.15, 0.2) is 18.2 Å². The van der Waals surface area contributed by atoms with Gasteiger partial charge in [0.05, 0.1) is 0 Å². The molecule has 0 nitrogen and oxygen atoms in total. The monoisotopic (exact) mass is 173 g/mol. The zero-order valence-electron chi connectivity index (χ0n) is 8.34. The van der Waals surface area contributed by atoms with Crippen LogP contribution >= 0.6 is 0 Å².